The van der Waals surface area contributed by atoms with Crippen LogP contribution in [0.15, 0.2) is 36.4 Å². The molecule has 0 heterocycles. The largest absolute Gasteiger partial charge is 0.419 e. The van der Waals surface area contributed by atoms with E-state index in [1.54, 1.807) is 12.1 Å². The molecule has 184 valence electrons. The second-order valence-corrected chi connectivity index (χ2v) is 7.66. The van der Waals surface area contributed by atoms with Gasteiger partial charge in [-0.3, -0.25) is 0 Å². The summed E-state index contributed by atoms with van der Waals surface area (Å²) in [5.74, 6) is 5.15. The van der Waals surface area contributed by atoms with Crippen LogP contribution in [-0.2, 0) is 19.0 Å². The lowest BCUT2D eigenvalue weighted by molar-refractivity contribution is -0.140. The fourth-order valence-electron chi connectivity index (χ4n) is 3.35. The lowest BCUT2D eigenvalue weighted by Crippen LogP contribution is -2.09. The summed E-state index contributed by atoms with van der Waals surface area (Å²) in [6, 6.07) is 9.06. The van der Waals surface area contributed by atoms with Crippen molar-refractivity contribution in [3.63, 3.8) is 0 Å². The molecule has 0 amide bonds. The average Bonchev–Trinajstić information content (AvgIpc) is 2.84. The molecule has 0 N–H and O–H groups in total. The zero-order chi connectivity index (χ0) is 27.3. The van der Waals surface area contributed by atoms with E-state index in [0.717, 1.165) is 12.1 Å². The van der Waals surface area contributed by atoms with Crippen LogP contribution in [-0.4, -0.2) is 0 Å². The van der Waals surface area contributed by atoms with Gasteiger partial charge in [0.25, 0.3) is 0 Å². The number of hydrogen-bond donors (Lipinski definition) is 0. The fraction of sp³-hybridized carbons (Fsp3) is 0.143. The Hall–Kier alpha value is -4.73. The molecular formula is C28H13F7N2. The Kier molecular flexibility index (Phi) is 7.91. The highest BCUT2D eigenvalue weighted by molar-refractivity contribution is 5.59. The number of rotatable bonds is 2. The molecule has 9 heteroatoms. The van der Waals surface area contributed by atoms with Crippen molar-refractivity contribution in [2.24, 2.45) is 0 Å². The molecule has 0 atom stereocenters. The molecule has 0 unspecified atom stereocenters. The van der Waals surface area contributed by atoms with Gasteiger partial charge in [0.1, 0.15) is 17.5 Å². The lowest BCUT2D eigenvalue weighted by Gasteiger charge is -2.12. The zero-order valence-corrected chi connectivity index (χ0v) is 18.9. The van der Waals surface area contributed by atoms with Crippen LogP contribution in [0.2, 0.25) is 0 Å². The number of halogens is 7. The maximum Gasteiger partial charge on any atom is 0.419 e. The van der Waals surface area contributed by atoms with Crippen molar-refractivity contribution in [1.29, 1.82) is 10.5 Å². The molecule has 0 saturated heterocycles. The Morgan fingerprint density at radius 3 is 1.62 bits per heavy atom. The Balaban J connectivity index is 2.25. The summed E-state index contributed by atoms with van der Waals surface area (Å²) in [5.41, 5.74) is -3.52. The summed E-state index contributed by atoms with van der Waals surface area (Å²) >= 11 is 0. The van der Waals surface area contributed by atoms with Gasteiger partial charge in [0.2, 0.25) is 0 Å². The highest BCUT2D eigenvalue weighted by atomic mass is 19.4. The smallest absolute Gasteiger partial charge is 0.207 e. The molecule has 0 aliphatic rings. The number of hydrogen-bond acceptors (Lipinski definition) is 2. The van der Waals surface area contributed by atoms with Crippen molar-refractivity contribution in [3.8, 4) is 35.8 Å². The third-order valence-corrected chi connectivity index (χ3v) is 5.18. The summed E-state index contributed by atoms with van der Waals surface area (Å²) < 4.78 is 97.1. The molecule has 37 heavy (non-hydrogen) atoms. The van der Waals surface area contributed by atoms with E-state index in [1.165, 1.54) is 19.1 Å². The number of aryl methyl sites for hydroxylation is 1. The van der Waals surface area contributed by atoms with Gasteiger partial charge in [0.05, 0.1) is 41.7 Å². The zero-order valence-electron chi connectivity index (χ0n) is 18.9. The van der Waals surface area contributed by atoms with Crippen LogP contribution < -0.4 is 0 Å². The van der Waals surface area contributed by atoms with E-state index in [9.17, 15) is 22.0 Å². The van der Waals surface area contributed by atoms with Crippen molar-refractivity contribution in [2.45, 2.75) is 25.9 Å². The van der Waals surface area contributed by atoms with Gasteiger partial charge in [0, 0.05) is 22.3 Å². The third-order valence-electron chi connectivity index (χ3n) is 5.18. The summed E-state index contributed by atoms with van der Waals surface area (Å²) in [5, 5.41) is 18.2. The van der Waals surface area contributed by atoms with Crippen LogP contribution in [0.3, 0.4) is 0 Å². The van der Waals surface area contributed by atoms with E-state index in [0.29, 0.717) is 12.1 Å². The van der Waals surface area contributed by atoms with Gasteiger partial charge in [-0.15, -0.1) is 0 Å². The maximum atomic E-state index is 15.6. The molecule has 0 radical (unpaired) electrons. The Bertz CT molecular complexity index is 1600. The molecule has 0 aliphatic carbocycles. The topological polar surface area (TPSA) is 47.6 Å². The van der Waals surface area contributed by atoms with Crippen molar-refractivity contribution >= 4 is 0 Å². The van der Waals surface area contributed by atoms with Gasteiger partial charge in [-0.25, -0.2) is 17.6 Å². The molecule has 3 aromatic rings. The first-order chi connectivity index (χ1) is 17.5. The SMILES string of the molecule is Cc1cc(C#Cc2c(F)c(C#Cc3ccc(F)c(C(F)(F)F)c3)c(CC#N)c(F)c2CC#N)ccc1F. The van der Waals surface area contributed by atoms with Crippen LogP contribution in [0.5, 0.6) is 0 Å². The minimum atomic E-state index is -5.01. The quantitative estimate of drug-likeness (QED) is 0.292. The van der Waals surface area contributed by atoms with Gasteiger partial charge >= 0.3 is 6.18 Å². The lowest BCUT2D eigenvalue weighted by atomic mass is 9.93. The Labute approximate surface area is 207 Å². The minimum absolute atomic E-state index is 0.254. The van der Waals surface area contributed by atoms with E-state index in [4.69, 9.17) is 10.5 Å². The van der Waals surface area contributed by atoms with Crippen LogP contribution in [0.1, 0.15) is 44.5 Å². The number of nitriles is 2. The number of benzene rings is 3. The molecular weight excluding hydrogens is 497 g/mol. The first-order valence-electron chi connectivity index (χ1n) is 10.4. The second-order valence-electron chi connectivity index (χ2n) is 7.66. The first kappa shape index (κ1) is 26.9. The molecule has 0 fully saturated rings. The molecule has 3 aromatic carbocycles. The summed E-state index contributed by atoms with van der Waals surface area (Å²) in [6.45, 7) is 1.48. The van der Waals surface area contributed by atoms with Gasteiger partial charge in [-0.1, -0.05) is 23.7 Å². The third kappa shape index (κ3) is 5.92. The van der Waals surface area contributed by atoms with Crippen molar-refractivity contribution in [1.82, 2.24) is 0 Å². The van der Waals surface area contributed by atoms with Crippen LogP contribution in [0, 0.1) is 76.5 Å². The highest BCUT2D eigenvalue weighted by Gasteiger charge is 2.34. The molecule has 0 aromatic heterocycles. The van der Waals surface area contributed by atoms with Gasteiger partial charge in [0.15, 0.2) is 5.82 Å². The van der Waals surface area contributed by atoms with Crippen molar-refractivity contribution < 1.29 is 30.7 Å². The average molecular weight is 510 g/mol. The number of alkyl halides is 3. The highest BCUT2D eigenvalue weighted by Crippen LogP contribution is 2.32. The Morgan fingerprint density at radius 1 is 0.676 bits per heavy atom. The first-order valence-corrected chi connectivity index (χ1v) is 10.4. The summed E-state index contributed by atoms with van der Waals surface area (Å²) in [4.78, 5) is 0. The van der Waals surface area contributed by atoms with E-state index in [-0.39, 0.29) is 16.7 Å². The monoisotopic (exact) mass is 510 g/mol. The maximum absolute atomic E-state index is 15.6. The van der Waals surface area contributed by atoms with E-state index >= 15 is 8.78 Å². The second kappa shape index (κ2) is 10.9. The van der Waals surface area contributed by atoms with Gasteiger partial charge in [-0.2, -0.15) is 23.7 Å². The van der Waals surface area contributed by atoms with Crippen LogP contribution >= 0.6 is 0 Å². The van der Waals surface area contributed by atoms with Crippen LogP contribution in [0.25, 0.3) is 0 Å². The molecule has 3 rings (SSSR count). The predicted molar refractivity (Wildman–Crippen MR) is 119 cm³/mol. The predicted octanol–water partition coefficient (Wildman–Crippen LogP) is 6.50. The Morgan fingerprint density at radius 2 is 1.16 bits per heavy atom. The van der Waals surface area contributed by atoms with E-state index in [1.807, 2.05) is 0 Å². The normalized spacial score (nSPS) is 10.4. The van der Waals surface area contributed by atoms with Crippen molar-refractivity contribution in [2.75, 3.05) is 0 Å². The molecule has 0 bridgehead atoms. The molecule has 0 aliphatic heterocycles. The fourth-order valence-corrected chi connectivity index (χ4v) is 3.35. The van der Waals surface area contributed by atoms with Crippen LogP contribution in [0.4, 0.5) is 30.7 Å². The molecule has 2 nitrogen and oxygen atoms in total. The molecule has 0 saturated carbocycles. The number of nitrogens with zero attached hydrogens (tertiary/aromatic N) is 2. The summed E-state index contributed by atoms with van der Waals surface area (Å²) in [6.07, 6.45) is -6.27. The standard InChI is InChI=1S/C28H13F7N2/c1-16-14-17(4-8-24(16)29)2-6-19-21(10-12-36)27(32)22(11-13-37)20(26(19)31)7-3-18-5-9-25(30)23(15-18)28(33,34)35/h4-5,8-9,14-15H,10-11H2,1H3. The summed E-state index contributed by atoms with van der Waals surface area (Å²) in [7, 11) is 0. The van der Waals surface area contributed by atoms with Gasteiger partial charge < -0.3 is 0 Å². The van der Waals surface area contributed by atoms with E-state index < -0.39 is 70.1 Å². The van der Waals surface area contributed by atoms with E-state index in [2.05, 4.69) is 23.7 Å². The molecule has 0 spiro atoms. The van der Waals surface area contributed by atoms with Gasteiger partial charge in [-0.05, 0) is 48.9 Å². The minimum Gasteiger partial charge on any atom is -0.207 e. The van der Waals surface area contributed by atoms with Crippen molar-refractivity contribution in [3.05, 3.63) is 104 Å².